The van der Waals surface area contributed by atoms with E-state index in [0.717, 1.165) is 38.4 Å². The topological polar surface area (TPSA) is 38.3 Å². The summed E-state index contributed by atoms with van der Waals surface area (Å²) in [4.78, 5) is 11.2. The molecule has 1 saturated carbocycles. The second-order valence-corrected chi connectivity index (χ2v) is 14.5. The summed E-state index contributed by atoms with van der Waals surface area (Å²) in [6.07, 6.45) is 8.80. The number of hydrogen-bond acceptors (Lipinski definition) is 3. The van der Waals surface area contributed by atoms with Gasteiger partial charge in [0.25, 0.3) is 0 Å². The highest BCUT2D eigenvalue weighted by Crippen LogP contribution is 2.59. The van der Waals surface area contributed by atoms with Crippen LogP contribution in [0.1, 0.15) is 139 Å². The van der Waals surface area contributed by atoms with Crippen LogP contribution >= 0.6 is 0 Å². The van der Waals surface area contributed by atoms with Gasteiger partial charge in [0.05, 0.1) is 12.9 Å². The van der Waals surface area contributed by atoms with E-state index in [0.29, 0.717) is 18.8 Å². The molecule has 0 bridgehead atoms. The van der Waals surface area contributed by atoms with E-state index < -0.39 is 17.1 Å². The van der Waals surface area contributed by atoms with Crippen LogP contribution in [-0.2, 0) is 16.0 Å². The lowest BCUT2D eigenvalue weighted by atomic mass is 9.53. The zero-order valence-corrected chi connectivity index (χ0v) is 31.2. The molecule has 0 aromatic heterocycles. The van der Waals surface area contributed by atoms with Crippen molar-refractivity contribution in [1.29, 1.82) is 0 Å². The van der Waals surface area contributed by atoms with Gasteiger partial charge < -0.3 is 10.1 Å². The Bertz CT molecular complexity index is 987. The van der Waals surface area contributed by atoms with Crippen LogP contribution in [-0.4, -0.2) is 25.9 Å². The fourth-order valence-corrected chi connectivity index (χ4v) is 6.60. The van der Waals surface area contributed by atoms with Crippen molar-refractivity contribution >= 4 is 11.5 Å². The molecule has 0 radical (unpaired) electrons. The van der Waals surface area contributed by atoms with E-state index in [-0.39, 0.29) is 10.8 Å². The maximum Gasteiger partial charge on any atom is 0.310 e. The first kappa shape index (κ1) is 44.0. The van der Waals surface area contributed by atoms with Gasteiger partial charge in [-0.05, 0) is 79.9 Å². The van der Waals surface area contributed by atoms with Gasteiger partial charge in [-0.3, -0.25) is 4.79 Å². The Morgan fingerprint density at radius 2 is 1.50 bits per heavy atom. The number of Topliss-reactive ketones (excluding diaryl/α,β-unsaturated/α-hetero) is 1. The predicted molar refractivity (Wildman–Crippen MR) is 190 cm³/mol. The number of allylic oxidation sites excluding steroid dienone is 2. The van der Waals surface area contributed by atoms with Crippen LogP contribution in [0, 0.1) is 29.1 Å². The molecule has 1 unspecified atom stereocenters. The van der Waals surface area contributed by atoms with Crippen molar-refractivity contribution < 1.29 is 18.3 Å². The van der Waals surface area contributed by atoms with E-state index in [2.05, 4.69) is 78.2 Å². The normalized spacial score (nSPS) is 16.7. The van der Waals surface area contributed by atoms with Gasteiger partial charge in [-0.25, -0.2) is 0 Å². The van der Waals surface area contributed by atoms with Crippen molar-refractivity contribution in [3.63, 3.8) is 0 Å². The number of nitrogens with one attached hydrogen (secondary N) is 1. The van der Waals surface area contributed by atoms with Crippen LogP contribution in [0.25, 0.3) is 0 Å². The Morgan fingerprint density at radius 1 is 1.00 bits per heavy atom. The van der Waals surface area contributed by atoms with E-state index in [1.807, 2.05) is 34.7 Å². The van der Waals surface area contributed by atoms with E-state index in [9.17, 15) is 13.6 Å². The number of methoxy groups -OCH3 is 1. The van der Waals surface area contributed by atoms with Gasteiger partial charge in [-0.1, -0.05) is 113 Å². The number of ketones is 1. The van der Waals surface area contributed by atoms with Gasteiger partial charge in [0.15, 0.2) is 5.78 Å². The molecular weight excluding hydrogens is 552 g/mol. The Labute approximate surface area is 271 Å². The fraction of sp³-hybridized carbons (Fsp3) is 0.718. The van der Waals surface area contributed by atoms with Gasteiger partial charge >= 0.3 is 5.92 Å². The van der Waals surface area contributed by atoms with Crippen LogP contribution < -0.4 is 5.32 Å². The number of aryl methyl sites for hydroxylation is 2. The number of rotatable bonds is 11. The van der Waals surface area contributed by atoms with Crippen LogP contribution in [0.4, 0.5) is 14.5 Å². The molecule has 44 heavy (non-hydrogen) atoms. The Morgan fingerprint density at radius 3 is 1.84 bits per heavy atom. The minimum absolute atomic E-state index is 0.143. The number of alkyl halides is 2. The number of hydrogen-bond donors (Lipinski definition) is 1. The molecule has 0 amide bonds. The zero-order valence-electron chi connectivity index (χ0n) is 31.2. The second-order valence-electron chi connectivity index (χ2n) is 14.5. The summed E-state index contributed by atoms with van der Waals surface area (Å²) in [6, 6.07) is 6.51. The number of carbonyl (C=O) groups is 1. The fourth-order valence-electron chi connectivity index (χ4n) is 6.60. The summed E-state index contributed by atoms with van der Waals surface area (Å²) < 4.78 is 33.3. The molecule has 0 aliphatic heterocycles. The lowest BCUT2D eigenvalue weighted by Crippen LogP contribution is -2.52. The maximum atomic E-state index is 14.2. The summed E-state index contributed by atoms with van der Waals surface area (Å²) in [5.41, 5.74) is 3.79. The Kier molecular flexibility index (Phi) is 20.0. The molecule has 5 heteroatoms. The first-order chi connectivity index (χ1) is 20.1. The summed E-state index contributed by atoms with van der Waals surface area (Å²) in [7, 11) is 3.65. The Hall–Kier alpha value is -2.17. The largest absolute Gasteiger partial charge is 0.501 e. The minimum Gasteiger partial charge on any atom is -0.501 e. The first-order valence-electron chi connectivity index (χ1n) is 16.7. The van der Waals surface area contributed by atoms with Gasteiger partial charge in [-0.15, -0.1) is 0 Å². The highest BCUT2D eigenvalue weighted by atomic mass is 19.3. The molecule has 1 aromatic rings. The molecule has 3 nitrogen and oxygen atoms in total. The minimum atomic E-state index is -3.22. The molecule has 2 rings (SSSR count). The summed E-state index contributed by atoms with van der Waals surface area (Å²) in [6.45, 7) is 31.1. The number of carbonyl (C=O) groups excluding carboxylic acids is 1. The maximum absolute atomic E-state index is 14.2. The molecule has 0 saturated heterocycles. The first-order valence-corrected chi connectivity index (χ1v) is 16.7. The molecular formula is C39H69F2NO2. The van der Waals surface area contributed by atoms with Gasteiger partial charge in [0.1, 0.15) is 0 Å². The third-order valence-electron chi connectivity index (χ3n) is 8.61. The van der Waals surface area contributed by atoms with Crippen molar-refractivity contribution in [2.75, 3.05) is 19.5 Å². The standard InChI is InChI=1S/C14H24F2O.C10H15N.C9H18O.C6H12/c1-10(17)14(15,16)13(6)8-11(2,3)7-12(4,5)9-13;1-4-9-6-5-8(2)7-10(9)11-3;1-5-6-7-8(2)9(3)10-4;1-4-6(3)5-2/h7-9H2,1-6H3;5-7,11H,4H2,1-3H3;8H,3,5-7H2,1-2,4H3;3-5H2,1-2H3. The lowest BCUT2D eigenvalue weighted by Gasteiger charge is -2.52. The van der Waals surface area contributed by atoms with Crippen molar-refractivity contribution in [3.8, 4) is 0 Å². The van der Waals surface area contributed by atoms with Crippen LogP contribution in [0.5, 0.6) is 0 Å². The predicted octanol–water partition coefficient (Wildman–Crippen LogP) is 12.4. The summed E-state index contributed by atoms with van der Waals surface area (Å²) in [5, 5.41) is 3.19. The lowest BCUT2D eigenvalue weighted by molar-refractivity contribution is -0.182. The summed E-state index contributed by atoms with van der Waals surface area (Å²) >= 11 is 0. The highest BCUT2D eigenvalue weighted by Gasteiger charge is 2.59. The van der Waals surface area contributed by atoms with E-state index in [4.69, 9.17) is 4.74 Å². The molecule has 1 fully saturated rings. The second kappa shape index (κ2) is 20.1. The highest BCUT2D eigenvalue weighted by molar-refractivity contribution is 5.84. The number of ether oxygens (including phenoxy) is 1. The average molecular weight is 622 g/mol. The third kappa shape index (κ3) is 15.7. The molecule has 0 spiro atoms. The number of unbranched alkanes of at least 4 members (excludes halogenated alkanes) is 1. The quantitative estimate of drug-likeness (QED) is 0.197. The zero-order chi connectivity index (χ0) is 34.9. The van der Waals surface area contributed by atoms with Crippen LogP contribution in [0.2, 0.25) is 0 Å². The van der Waals surface area contributed by atoms with Crippen molar-refractivity contribution in [2.45, 2.75) is 147 Å². The van der Waals surface area contributed by atoms with E-state index >= 15 is 0 Å². The molecule has 256 valence electrons. The molecule has 1 N–H and O–H groups in total. The van der Waals surface area contributed by atoms with Crippen LogP contribution in [0.15, 0.2) is 42.7 Å². The smallest absolute Gasteiger partial charge is 0.310 e. The van der Waals surface area contributed by atoms with E-state index in [1.165, 1.54) is 41.6 Å². The number of anilines is 1. The van der Waals surface area contributed by atoms with Crippen LogP contribution in [0.3, 0.4) is 0 Å². The molecule has 1 aromatic carbocycles. The van der Waals surface area contributed by atoms with E-state index in [1.54, 1.807) is 14.0 Å². The van der Waals surface area contributed by atoms with Gasteiger partial charge in [-0.2, -0.15) is 8.78 Å². The Balaban J connectivity index is 0. The van der Waals surface area contributed by atoms with Crippen molar-refractivity contribution in [3.05, 3.63) is 53.8 Å². The van der Waals surface area contributed by atoms with Gasteiger partial charge in [0.2, 0.25) is 0 Å². The SMILES string of the molecule is C=C(CC)CC.C=C(OC)C(C)CCCC.CC(=O)C(F)(F)C1(C)CC(C)(C)CC(C)(C)C1.CCc1ccc(C)cc1NC. The monoisotopic (exact) mass is 622 g/mol. The summed E-state index contributed by atoms with van der Waals surface area (Å²) in [5.74, 6) is -2.80. The van der Waals surface area contributed by atoms with Crippen molar-refractivity contribution in [2.24, 2.45) is 22.2 Å². The molecule has 0 heterocycles. The molecule has 1 aliphatic rings. The molecule has 1 atom stereocenters. The average Bonchev–Trinajstić information content (AvgIpc) is 2.93. The van der Waals surface area contributed by atoms with Gasteiger partial charge in [0, 0.05) is 31.0 Å². The number of benzene rings is 1. The third-order valence-corrected chi connectivity index (χ3v) is 8.61. The van der Waals surface area contributed by atoms with Crippen molar-refractivity contribution in [1.82, 2.24) is 0 Å². The number of halogens is 2. The molecule has 1 aliphatic carbocycles.